The van der Waals surface area contributed by atoms with Gasteiger partial charge in [0.25, 0.3) is 0 Å². The molecule has 0 saturated heterocycles. The molecule has 0 atom stereocenters. The summed E-state index contributed by atoms with van der Waals surface area (Å²) in [5.74, 6) is 0. The molecule has 1 heterocycles. The maximum atomic E-state index is 2.52. The van der Waals surface area contributed by atoms with Gasteiger partial charge in [0, 0.05) is 38.8 Å². The maximum absolute atomic E-state index is 2.52. The van der Waals surface area contributed by atoms with E-state index in [1.807, 2.05) is 0 Å². The molecule has 2 heteroatoms. The van der Waals surface area contributed by atoms with Crippen molar-refractivity contribution in [2.45, 2.75) is 19.3 Å². The number of rotatable bonds is 5. The molecular weight excluding hydrogens is 713 g/mol. The molecule has 0 unspecified atom stereocenters. The summed E-state index contributed by atoms with van der Waals surface area (Å²) in [6.07, 6.45) is 0. The van der Waals surface area contributed by atoms with Gasteiger partial charge in [0.15, 0.2) is 0 Å². The third kappa shape index (κ3) is 5.06. The van der Waals surface area contributed by atoms with Crippen molar-refractivity contribution in [1.82, 2.24) is 4.57 Å². The minimum Gasteiger partial charge on any atom is -0.310 e. The van der Waals surface area contributed by atoms with Crippen molar-refractivity contribution in [3.8, 4) is 27.9 Å². The van der Waals surface area contributed by atoms with Crippen molar-refractivity contribution in [3.63, 3.8) is 0 Å². The van der Waals surface area contributed by atoms with Crippen LogP contribution in [-0.4, -0.2) is 4.57 Å². The highest BCUT2D eigenvalue weighted by Gasteiger charge is 2.36. The molecule has 2 nitrogen and oxygen atoms in total. The first-order chi connectivity index (χ1) is 29.0. The molecule has 1 aromatic heterocycles. The Morgan fingerprint density at radius 1 is 0.373 bits per heavy atom. The van der Waals surface area contributed by atoms with Gasteiger partial charge in [-0.1, -0.05) is 153 Å². The van der Waals surface area contributed by atoms with Crippen molar-refractivity contribution in [1.29, 1.82) is 0 Å². The highest BCUT2D eigenvalue weighted by molar-refractivity contribution is 6.14. The van der Waals surface area contributed by atoms with Crippen LogP contribution in [0, 0.1) is 0 Å². The molecule has 278 valence electrons. The second-order valence-corrected chi connectivity index (χ2v) is 16.5. The smallest absolute Gasteiger partial charge is 0.0546 e. The SMILES string of the molecule is CC1(C)c2cc(N(c3ccc4c(c3)c3ccccc3n4-c3ccccc3)c3ccc4ccccc4c3-c3cccc4ccccc34)ccc2-c2cc3ccccc3cc21. The van der Waals surface area contributed by atoms with E-state index in [0.29, 0.717) is 0 Å². The minimum atomic E-state index is -0.189. The Morgan fingerprint density at radius 3 is 1.78 bits per heavy atom. The van der Waals surface area contributed by atoms with Crippen molar-refractivity contribution in [2.75, 3.05) is 4.90 Å². The van der Waals surface area contributed by atoms with E-state index in [0.717, 1.165) is 22.7 Å². The lowest BCUT2D eigenvalue weighted by atomic mass is 9.81. The number of para-hydroxylation sites is 2. The quantitative estimate of drug-likeness (QED) is 0.170. The van der Waals surface area contributed by atoms with Crippen LogP contribution in [0.3, 0.4) is 0 Å². The summed E-state index contributed by atoms with van der Waals surface area (Å²) >= 11 is 0. The average Bonchev–Trinajstić information content (AvgIpc) is 3.73. The minimum absolute atomic E-state index is 0.189. The van der Waals surface area contributed by atoms with Crippen LogP contribution in [0.5, 0.6) is 0 Å². The Bertz CT molecular complexity index is 3470. The number of benzene rings is 10. The third-order valence-corrected chi connectivity index (χ3v) is 12.9. The molecule has 59 heavy (non-hydrogen) atoms. The zero-order chi connectivity index (χ0) is 39.2. The van der Waals surface area contributed by atoms with E-state index in [-0.39, 0.29) is 5.41 Å². The second-order valence-electron chi connectivity index (χ2n) is 16.5. The van der Waals surface area contributed by atoms with Gasteiger partial charge in [0.2, 0.25) is 0 Å². The van der Waals surface area contributed by atoms with Gasteiger partial charge in [0.1, 0.15) is 0 Å². The van der Waals surface area contributed by atoms with E-state index in [4.69, 9.17) is 0 Å². The molecule has 11 aromatic rings. The lowest BCUT2D eigenvalue weighted by Crippen LogP contribution is -2.17. The largest absolute Gasteiger partial charge is 0.310 e. The van der Waals surface area contributed by atoms with Crippen LogP contribution in [-0.2, 0) is 5.41 Å². The fraction of sp³-hybridized carbons (Fsp3) is 0.0526. The molecule has 0 aliphatic heterocycles. The van der Waals surface area contributed by atoms with Gasteiger partial charge < -0.3 is 9.47 Å². The third-order valence-electron chi connectivity index (χ3n) is 12.9. The molecule has 1 aliphatic rings. The summed E-state index contributed by atoms with van der Waals surface area (Å²) in [6, 6.07) is 76.4. The van der Waals surface area contributed by atoms with Crippen molar-refractivity contribution < 1.29 is 0 Å². The number of hydrogen-bond acceptors (Lipinski definition) is 1. The van der Waals surface area contributed by atoms with E-state index < -0.39 is 0 Å². The summed E-state index contributed by atoms with van der Waals surface area (Å²) in [4.78, 5) is 2.52. The molecule has 0 amide bonds. The van der Waals surface area contributed by atoms with E-state index in [9.17, 15) is 0 Å². The molecule has 0 bridgehead atoms. The monoisotopic (exact) mass is 752 g/mol. The van der Waals surface area contributed by atoms with Gasteiger partial charge in [0.05, 0.1) is 16.7 Å². The van der Waals surface area contributed by atoms with Gasteiger partial charge >= 0.3 is 0 Å². The van der Waals surface area contributed by atoms with Crippen LogP contribution in [0.1, 0.15) is 25.0 Å². The molecule has 0 spiro atoms. The summed E-state index contributed by atoms with van der Waals surface area (Å²) in [5, 5.41) is 9.94. The fourth-order valence-corrected chi connectivity index (χ4v) is 10.1. The number of hydrogen-bond donors (Lipinski definition) is 0. The summed E-state index contributed by atoms with van der Waals surface area (Å²) in [6.45, 7) is 4.78. The van der Waals surface area contributed by atoms with Crippen molar-refractivity contribution in [2.24, 2.45) is 0 Å². The molecule has 12 rings (SSSR count). The summed E-state index contributed by atoms with van der Waals surface area (Å²) in [7, 11) is 0. The number of anilines is 3. The van der Waals surface area contributed by atoms with Crippen LogP contribution in [0.4, 0.5) is 17.1 Å². The summed E-state index contributed by atoms with van der Waals surface area (Å²) < 4.78 is 2.40. The Kier molecular flexibility index (Phi) is 7.31. The maximum Gasteiger partial charge on any atom is 0.0546 e. The normalized spacial score (nSPS) is 13.1. The fourth-order valence-electron chi connectivity index (χ4n) is 10.1. The molecule has 0 saturated carbocycles. The highest BCUT2D eigenvalue weighted by Crippen LogP contribution is 2.53. The van der Waals surface area contributed by atoms with Crippen molar-refractivity contribution in [3.05, 3.63) is 217 Å². The predicted octanol–water partition coefficient (Wildman–Crippen LogP) is 15.7. The standard InChI is InChI=1S/C57H40N2/c1-57(2)51-34-40-18-7-6-17-39(40)33-49(51)46-30-28-43(36-52(46)57)58(42-29-32-54-50(35-42)47-24-12-13-26-53(47)59(54)41-20-4-3-5-21-41)55-31-27-38-16-9-11-23-45(38)56(55)48-25-14-19-37-15-8-10-22-44(37)48/h3-36H,1-2H3. The lowest BCUT2D eigenvalue weighted by molar-refractivity contribution is 0.661. The second kappa shape index (κ2) is 12.8. The molecule has 1 aliphatic carbocycles. The molecule has 0 radical (unpaired) electrons. The molecular formula is C57H40N2. The first-order valence-corrected chi connectivity index (χ1v) is 20.6. The van der Waals surface area contributed by atoms with Crippen molar-refractivity contribution >= 4 is 71.2 Å². The first kappa shape index (κ1) is 33.7. The topological polar surface area (TPSA) is 8.17 Å². The zero-order valence-electron chi connectivity index (χ0n) is 33.0. The van der Waals surface area contributed by atoms with Gasteiger partial charge in [-0.15, -0.1) is 0 Å². The van der Waals surface area contributed by atoms with E-state index >= 15 is 0 Å². The van der Waals surface area contributed by atoms with Crippen LogP contribution in [0.15, 0.2) is 206 Å². The molecule has 0 fully saturated rings. The van der Waals surface area contributed by atoms with Crippen LogP contribution in [0.25, 0.3) is 82.1 Å². The Balaban J connectivity index is 1.16. The Morgan fingerprint density at radius 2 is 0.966 bits per heavy atom. The average molecular weight is 753 g/mol. The van der Waals surface area contributed by atoms with Crippen LogP contribution in [0.2, 0.25) is 0 Å². The molecule has 10 aromatic carbocycles. The van der Waals surface area contributed by atoms with Gasteiger partial charge in [-0.2, -0.15) is 0 Å². The highest BCUT2D eigenvalue weighted by atomic mass is 15.1. The van der Waals surface area contributed by atoms with E-state index in [2.05, 4.69) is 230 Å². The molecule has 0 N–H and O–H groups in total. The Hall–Kier alpha value is -7.42. The first-order valence-electron chi connectivity index (χ1n) is 20.6. The van der Waals surface area contributed by atoms with Gasteiger partial charge in [-0.25, -0.2) is 0 Å². The number of fused-ring (bicyclic) bond motifs is 9. The van der Waals surface area contributed by atoms with Crippen LogP contribution < -0.4 is 4.90 Å². The van der Waals surface area contributed by atoms with Gasteiger partial charge in [-0.3, -0.25) is 0 Å². The summed E-state index contributed by atoms with van der Waals surface area (Å²) in [5.41, 5.74) is 14.6. The van der Waals surface area contributed by atoms with E-state index in [1.54, 1.807) is 0 Å². The number of nitrogens with zero attached hydrogens (tertiary/aromatic N) is 2. The van der Waals surface area contributed by atoms with Crippen LogP contribution >= 0.6 is 0 Å². The Labute approximate surface area is 343 Å². The van der Waals surface area contributed by atoms with Gasteiger partial charge in [-0.05, 0) is 127 Å². The lowest BCUT2D eigenvalue weighted by Gasteiger charge is -2.31. The number of aromatic nitrogens is 1. The predicted molar refractivity (Wildman–Crippen MR) is 251 cm³/mol. The zero-order valence-corrected chi connectivity index (χ0v) is 33.0. The van der Waals surface area contributed by atoms with E-state index in [1.165, 1.54) is 87.5 Å².